The van der Waals surface area contributed by atoms with Gasteiger partial charge < -0.3 is 19.5 Å². The van der Waals surface area contributed by atoms with Crippen LogP contribution in [-0.2, 0) is 19.7 Å². The van der Waals surface area contributed by atoms with Gasteiger partial charge in [0.1, 0.15) is 11.5 Å². The number of carbonyl (C=O) groups excluding carboxylic acids is 2. The molecule has 2 fully saturated rings. The minimum Gasteiger partial charge on any atom is -0.507 e. The molecule has 7 heteroatoms. The number of hydrogen-bond donors (Lipinski definition) is 1. The zero-order valence-electron chi connectivity index (χ0n) is 23.2. The van der Waals surface area contributed by atoms with E-state index in [0.717, 1.165) is 24.2 Å². The van der Waals surface area contributed by atoms with Crippen LogP contribution in [0.4, 0.5) is 0 Å². The van der Waals surface area contributed by atoms with Crippen molar-refractivity contribution in [2.45, 2.75) is 46.1 Å². The fourth-order valence-corrected chi connectivity index (χ4v) is 4.82. The first-order valence-electron chi connectivity index (χ1n) is 13.5. The molecule has 38 heavy (non-hydrogen) atoms. The predicted molar refractivity (Wildman–Crippen MR) is 148 cm³/mol. The Bertz CT molecular complexity index is 1160. The van der Waals surface area contributed by atoms with E-state index >= 15 is 0 Å². The summed E-state index contributed by atoms with van der Waals surface area (Å²) in [5.41, 5.74) is 2.53. The lowest BCUT2D eigenvalue weighted by Crippen LogP contribution is -2.42. The number of likely N-dealkylation sites (tertiary alicyclic amines) is 1. The molecule has 0 spiro atoms. The highest BCUT2D eigenvalue weighted by Crippen LogP contribution is 2.40. The Hall–Kier alpha value is -3.16. The van der Waals surface area contributed by atoms with Gasteiger partial charge >= 0.3 is 0 Å². The molecule has 0 aromatic heterocycles. The minimum atomic E-state index is -0.665. The van der Waals surface area contributed by atoms with Crippen molar-refractivity contribution in [1.82, 2.24) is 9.80 Å². The van der Waals surface area contributed by atoms with Crippen LogP contribution in [0, 0.1) is 5.92 Å². The second-order valence-corrected chi connectivity index (χ2v) is 11.5. The molecule has 204 valence electrons. The van der Waals surface area contributed by atoms with Crippen LogP contribution in [0.1, 0.15) is 57.4 Å². The van der Waals surface area contributed by atoms with Gasteiger partial charge in [-0.1, -0.05) is 58.9 Å². The molecule has 4 rings (SSSR count). The number of hydrogen-bond acceptors (Lipinski definition) is 6. The van der Waals surface area contributed by atoms with Crippen LogP contribution >= 0.6 is 0 Å². The normalized spacial score (nSPS) is 20.4. The van der Waals surface area contributed by atoms with Gasteiger partial charge in [-0.15, -0.1) is 0 Å². The van der Waals surface area contributed by atoms with E-state index in [-0.39, 0.29) is 16.7 Å². The van der Waals surface area contributed by atoms with Crippen molar-refractivity contribution >= 4 is 17.4 Å². The molecule has 1 N–H and O–H groups in total. The van der Waals surface area contributed by atoms with E-state index in [1.165, 1.54) is 0 Å². The highest BCUT2D eigenvalue weighted by atomic mass is 16.5. The third-order valence-electron chi connectivity index (χ3n) is 7.10. The molecule has 2 aliphatic heterocycles. The summed E-state index contributed by atoms with van der Waals surface area (Å²) in [5, 5.41) is 11.4. The van der Waals surface area contributed by atoms with Crippen molar-refractivity contribution in [2.24, 2.45) is 5.92 Å². The van der Waals surface area contributed by atoms with Gasteiger partial charge in [-0.05, 0) is 46.7 Å². The van der Waals surface area contributed by atoms with Crippen LogP contribution in [-0.4, -0.2) is 72.6 Å². The Labute approximate surface area is 226 Å². The first kappa shape index (κ1) is 27.9. The second kappa shape index (κ2) is 11.7. The number of amides is 1. The molecule has 2 saturated heterocycles. The van der Waals surface area contributed by atoms with Gasteiger partial charge in [0.25, 0.3) is 11.7 Å². The number of benzene rings is 2. The summed E-state index contributed by atoms with van der Waals surface area (Å²) in [6, 6.07) is 14.4. The zero-order valence-corrected chi connectivity index (χ0v) is 23.2. The molecule has 2 aliphatic rings. The van der Waals surface area contributed by atoms with Crippen LogP contribution in [0.3, 0.4) is 0 Å². The summed E-state index contributed by atoms with van der Waals surface area (Å²) in [6.45, 7) is 15.1. The summed E-state index contributed by atoms with van der Waals surface area (Å²) in [7, 11) is 0. The summed E-state index contributed by atoms with van der Waals surface area (Å²) in [5.74, 6) is -0.328. The third-order valence-corrected chi connectivity index (χ3v) is 7.10. The Balaban J connectivity index is 1.69. The maximum Gasteiger partial charge on any atom is 0.295 e. The lowest BCUT2D eigenvalue weighted by Gasteiger charge is -2.31. The Kier molecular flexibility index (Phi) is 8.58. The van der Waals surface area contributed by atoms with Crippen molar-refractivity contribution in [3.05, 3.63) is 70.8 Å². The first-order valence-corrected chi connectivity index (χ1v) is 13.5. The maximum absolute atomic E-state index is 13.4. The number of Topliss-reactive ketones (excluding diaryl/α,β-unsaturated/α-hetero) is 1. The van der Waals surface area contributed by atoms with Crippen LogP contribution in [0.5, 0.6) is 5.75 Å². The topological polar surface area (TPSA) is 79.3 Å². The van der Waals surface area contributed by atoms with Crippen LogP contribution in [0.15, 0.2) is 54.1 Å². The number of ketones is 1. The van der Waals surface area contributed by atoms with Gasteiger partial charge in [-0.25, -0.2) is 0 Å². The van der Waals surface area contributed by atoms with Crippen molar-refractivity contribution in [1.29, 1.82) is 0 Å². The number of aliphatic hydroxyl groups is 1. The Morgan fingerprint density at radius 3 is 2.21 bits per heavy atom. The molecule has 0 radical (unpaired) electrons. The van der Waals surface area contributed by atoms with E-state index in [2.05, 4.69) is 39.5 Å². The van der Waals surface area contributed by atoms with E-state index in [1.807, 2.05) is 24.3 Å². The fraction of sp³-hybridized carbons (Fsp3) is 0.484. The lowest BCUT2D eigenvalue weighted by atomic mass is 9.85. The van der Waals surface area contributed by atoms with Gasteiger partial charge in [0.2, 0.25) is 0 Å². The average molecular weight is 521 g/mol. The van der Waals surface area contributed by atoms with E-state index in [1.54, 1.807) is 29.2 Å². The number of nitrogens with zero attached hydrogens (tertiary/aromatic N) is 2. The summed E-state index contributed by atoms with van der Waals surface area (Å²) in [6.07, 6.45) is 0. The molecule has 0 bridgehead atoms. The first-order chi connectivity index (χ1) is 18.1. The molecular weight excluding hydrogens is 480 g/mol. The predicted octanol–water partition coefficient (Wildman–Crippen LogP) is 4.77. The maximum atomic E-state index is 13.4. The molecular formula is C31H40N2O5. The second-order valence-electron chi connectivity index (χ2n) is 11.5. The smallest absolute Gasteiger partial charge is 0.295 e. The van der Waals surface area contributed by atoms with E-state index < -0.39 is 17.7 Å². The Morgan fingerprint density at radius 1 is 1.00 bits per heavy atom. The number of ether oxygens (including phenoxy) is 2. The zero-order chi connectivity index (χ0) is 27.4. The van der Waals surface area contributed by atoms with Crippen LogP contribution in [0.25, 0.3) is 5.76 Å². The van der Waals surface area contributed by atoms with Gasteiger partial charge in [-0.2, -0.15) is 0 Å². The number of aliphatic hydroxyl groups excluding tert-OH is 1. The van der Waals surface area contributed by atoms with Crippen molar-refractivity contribution in [2.75, 3.05) is 46.0 Å². The van der Waals surface area contributed by atoms with E-state index in [9.17, 15) is 14.7 Å². The minimum absolute atomic E-state index is 0.0317. The molecule has 7 nitrogen and oxygen atoms in total. The summed E-state index contributed by atoms with van der Waals surface area (Å²) >= 11 is 0. The van der Waals surface area contributed by atoms with Crippen LogP contribution < -0.4 is 4.74 Å². The monoisotopic (exact) mass is 520 g/mol. The molecule has 2 aromatic rings. The summed E-state index contributed by atoms with van der Waals surface area (Å²) < 4.78 is 11.2. The molecule has 2 heterocycles. The van der Waals surface area contributed by atoms with Crippen molar-refractivity contribution in [3.8, 4) is 5.75 Å². The summed E-state index contributed by atoms with van der Waals surface area (Å²) in [4.78, 5) is 30.5. The van der Waals surface area contributed by atoms with Gasteiger partial charge in [0, 0.05) is 31.7 Å². The molecule has 1 amide bonds. The SMILES string of the molecule is CC(C)COc1ccc(/C(O)=C2\C(=O)C(=O)N(CCN3CCOCC3)C2c2ccc(C(C)(C)C)cc2)cc1. The fourth-order valence-electron chi connectivity index (χ4n) is 4.82. The van der Waals surface area contributed by atoms with Gasteiger partial charge in [0.15, 0.2) is 0 Å². The quantitative estimate of drug-likeness (QED) is 0.307. The highest BCUT2D eigenvalue weighted by molar-refractivity contribution is 6.46. The van der Waals surface area contributed by atoms with Gasteiger partial charge in [-0.3, -0.25) is 14.5 Å². The van der Waals surface area contributed by atoms with E-state index in [4.69, 9.17) is 9.47 Å². The van der Waals surface area contributed by atoms with Crippen molar-refractivity contribution < 1.29 is 24.2 Å². The third kappa shape index (κ3) is 6.27. The largest absolute Gasteiger partial charge is 0.507 e. The molecule has 0 saturated carbocycles. The van der Waals surface area contributed by atoms with Crippen LogP contribution in [0.2, 0.25) is 0 Å². The number of morpholine rings is 1. The standard InChI is InChI=1S/C31H40N2O5/c1-21(2)20-38-25-12-8-23(9-13-25)28(34)26-27(22-6-10-24(11-7-22)31(3,4)5)33(30(36)29(26)35)15-14-32-16-18-37-19-17-32/h6-13,21,27,34H,14-20H2,1-5H3/b28-26+. The van der Waals surface area contributed by atoms with Gasteiger partial charge in [0.05, 0.1) is 31.4 Å². The number of rotatable bonds is 8. The molecule has 2 aromatic carbocycles. The molecule has 0 aliphatic carbocycles. The molecule has 1 atom stereocenters. The average Bonchev–Trinajstić information content (AvgIpc) is 3.15. The number of carbonyl (C=O) groups is 2. The van der Waals surface area contributed by atoms with Crippen molar-refractivity contribution in [3.63, 3.8) is 0 Å². The highest BCUT2D eigenvalue weighted by Gasteiger charge is 2.46. The molecule has 1 unspecified atom stereocenters. The Morgan fingerprint density at radius 2 is 1.63 bits per heavy atom. The van der Waals surface area contributed by atoms with E-state index in [0.29, 0.717) is 50.1 Å². The lowest BCUT2D eigenvalue weighted by molar-refractivity contribution is -0.140.